The Hall–Kier alpha value is -8.20. The minimum Gasteiger partial charge on any atom is -0.311 e. The van der Waals surface area contributed by atoms with Crippen molar-refractivity contribution in [3.8, 4) is 61.3 Å². The van der Waals surface area contributed by atoms with Crippen LogP contribution in [-0.2, 0) is 0 Å². The number of rotatable bonds is 9. The van der Waals surface area contributed by atoms with Crippen LogP contribution >= 0.6 is 0 Å². The van der Waals surface area contributed by atoms with Crippen molar-refractivity contribution in [1.82, 2.24) is 4.57 Å². The van der Waals surface area contributed by atoms with Crippen LogP contribution in [0.3, 0.4) is 0 Å². The van der Waals surface area contributed by atoms with E-state index in [1.807, 2.05) is 126 Å². The highest BCUT2D eigenvalue weighted by Gasteiger charge is 2.16. The summed E-state index contributed by atoms with van der Waals surface area (Å²) in [5, 5.41) is 2.00. The molecule has 2 nitrogen and oxygen atoms in total. The molecule has 1 heterocycles. The number of hydrogen-bond donors (Lipinski definition) is 0. The average molecular weight is 795 g/mol. The van der Waals surface area contributed by atoms with Gasteiger partial charge < -0.3 is 9.47 Å². The maximum atomic E-state index is 9.66. The predicted octanol–water partition coefficient (Wildman–Crippen LogP) is 16.6. The fourth-order valence-corrected chi connectivity index (χ4v) is 8.55. The van der Waals surface area contributed by atoms with Gasteiger partial charge in [0.25, 0.3) is 0 Å². The largest absolute Gasteiger partial charge is 0.311 e. The summed E-state index contributed by atoms with van der Waals surface area (Å²) in [5.74, 6) is 0. The van der Waals surface area contributed by atoms with Crippen molar-refractivity contribution in [2.75, 3.05) is 4.90 Å². The van der Waals surface area contributed by atoms with Crippen molar-refractivity contribution < 1.29 is 5.48 Å². The van der Waals surface area contributed by atoms with E-state index in [1.54, 1.807) is 0 Å². The van der Waals surface area contributed by atoms with E-state index >= 15 is 0 Å². The summed E-state index contributed by atoms with van der Waals surface area (Å²) in [6.45, 7) is 0. The zero-order valence-corrected chi connectivity index (χ0v) is 33.8. The lowest BCUT2D eigenvalue weighted by Gasteiger charge is -2.26. The number of fused-ring (bicyclic) bond motifs is 3. The molecule has 0 aliphatic carbocycles. The van der Waals surface area contributed by atoms with Gasteiger partial charge in [-0.2, -0.15) is 0 Å². The van der Waals surface area contributed by atoms with Crippen LogP contribution in [0.15, 0.2) is 255 Å². The van der Waals surface area contributed by atoms with E-state index < -0.39 is 0 Å². The van der Waals surface area contributed by atoms with Gasteiger partial charge in [-0.05, 0) is 128 Å². The molecular weight excluding hydrogens is 749 g/mol. The quantitative estimate of drug-likeness (QED) is 0.141. The molecule has 1 aromatic heterocycles. The van der Waals surface area contributed by atoms with Gasteiger partial charge >= 0.3 is 0 Å². The lowest BCUT2D eigenvalue weighted by molar-refractivity contribution is 1.18. The van der Waals surface area contributed by atoms with E-state index in [-0.39, 0.29) is 35.4 Å². The van der Waals surface area contributed by atoms with Crippen LogP contribution in [0.1, 0.15) is 5.48 Å². The van der Waals surface area contributed by atoms with Gasteiger partial charge in [0.1, 0.15) is 0 Å². The number of hydrogen-bond acceptors (Lipinski definition) is 1. The molecule has 0 unspecified atom stereocenters. The maximum absolute atomic E-state index is 9.66. The van der Waals surface area contributed by atoms with Gasteiger partial charge in [0.05, 0.1) is 16.5 Å². The molecule has 0 atom stereocenters. The molecule has 0 N–H and O–H groups in total. The van der Waals surface area contributed by atoms with E-state index in [2.05, 4.69) is 114 Å². The molecule has 292 valence electrons. The first-order valence-electron chi connectivity index (χ1n) is 22.9. The highest BCUT2D eigenvalue weighted by molar-refractivity contribution is 6.10. The Morgan fingerprint density at radius 2 is 0.677 bits per heavy atom. The molecule has 11 rings (SSSR count). The summed E-state index contributed by atoms with van der Waals surface area (Å²) < 4.78 is 40.8. The second-order valence-electron chi connectivity index (χ2n) is 15.5. The smallest absolute Gasteiger partial charge is 0.0645 e. The Morgan fingerprint density at radius 1 is 0.274 bits per heavy atom. The van der Waals surface area contributed by atoms with E-state index in [0.717, 1.165) is 72.0 Å². The molecule has 0 bridgehead atoms. The van der Waals surface area contributed by atoms with Crippen molar-refractivity contribution in [3.05, 3.63) is 255 Å². The van der Waals surface area contributed by atoms with Crippen LogP contribution in [0.25, 0.3) is 83.1 Å². The molecule has 0 amide bonds. The van der Waals surface area contributed by atoms with Gasteiger partial charge in [0.15, 0.2) is 0 Å². The highest BCUT2D eigenvalue weighted by Crippen LogP contribution is 2.40. The van der Waals surface area contributed by atoms with Crippen LogP contribution in [0, 0.1) is 0 Å². The third-order valence-corrected chi connectivity index (χ3v) is 11.7. The van der Waals surface area contributed by atoms with Gasteiger partial charge in [-0.1, -0.05) is 182 Å². The van der Waals surface area contributed by atoms with Crippen molar-refractivity contribution in [2.24, 2.45) is 0 Å². The summed E-state index contributed by atoms with van der Waals surface area (Å²) in [6.07, 6.45) is 0. The zero-order chi connectivity index (χ0) is 44.7. The molecule has 0 radical (unpaired) electrons. The molecule has 62 heavy (non-hydrogen) atoms. The molecule has 0 spiro atoms. The topological polar surface area (TPSA) is 8.17 Å². The maximum Gasteiger partial charge on any atom is 0.0645 e. The Kier molecular flexibility index (Phi) is 8.47. The summed E-state index contributed by atoms with van der Waals surface area (Å²) in [6, 6.07) is 77.8. The van der Waals surface area contributed by atoms with Gasteiger partial charge in [0, 0.05) is 33.5 Å². The number of benzene rings is 10. The third-order valence-electron chi connectivity index (χ3n) is 11.7. The number of nitrogens with zero attached hydrogens (tertiary/aromatic N) is 2. The standard InChI is InChI=1S/C60H42N2/c1-4-13-43(14-5-1)46-23-32-53(33-24-46)61(54-34-27-48(28-35-54)51-20-12-19-50(41-51)45-17-8-3-9-18-45)55-36-29-49(30-37-55)52-31-40-60-58(42-52)57-21-10-11-22-59(57)62(60)56-38-25-47(26-39-56)44-15-6-2-7-16-44/h1-42H/i29D,30D,36D,37D. The summed E-state index contributed by atoms with van der Waals surface area (Å²) >= 11 is 0. The number of aromatic nitrogens is 1. The number of para-hydroxylation sites is 1. The molecule has 0 fully saturated rings. The van der Waals surface area contributed by atoms with Crippen LogP contribution in [-0.4, -0.2) is 4.57 Å². The van der Waals surface area contributed by atoms with Crippen molar-refractivity contribution >= 4 is 38.9 Å². The van der Waals surface area contributed by atoms with Gasteiger partial charge in [-0.25, -0.2) is 0 Å². The fraction of sp³-hybridized carbons (Fsp3) is 0. The first-order chi connectivity index (χ1) is 32.4. The molecular formula is C60H42N2. The van der Waals surface area contributed by atoms with E-state index in [9.17, 15) is 5.48 Å². The Morgan fingerprint density at radius 3 is 1.24 bits per heavy atom. The summed E-state index contributed by atoms with van der Waals surface area (Å²) in [4.78, 5) is 1.85. The SMILES string of the molecule is [2H]c1c([2H])c(N(c2ccc(-c3ccccc3)cc2)c2ccc(-c3cccc(-c4ccccc4)c3)cc2)c([2H])c([2H])c1-c1ccc2c(c1)c1ccccc1n2-c1ccc(-c2ccccc2)cc1. The van der Waals surface area contributed by atoms with Crippen molar-refractivity contribution in [1.29, 1.82) is 0 Å². The molecule has 0 aliphatic heterocycles. The molecule has 2 heteroatoms. The third kappa shape index (κ3) is 7.04. The lowest BCUT2D eigenvalue weighted by Crippen LogP contribution is -2.09. The normalized spacial score (nSPS) is 12.1. The Bertz CT molecular complexity index is 3500. The van der Waals surface area contributed by atoms with Crippen molar-refractivity contribution in [3.63, 3.8) is 0 Å². The molecule has 10 aromatic carbocycles. The molecule has 0 saturated heterocycles. The molecule has 11 aromatic rings. The molecule has 0 aliphatic rings. The average Bonchev–Trinajstić information content (AvgIpc) is 3.72. The van der Waals surface area contributed by atoms with Crippen LogP contribution in [0.5, 0.6) is 0 Å². The zero-order valence-electron chi connectivity index (χ0n) is 37.8. The highest BCUT2D eigenvalue weighted by atomic mass is 15.1. The Balaban J connectivity index is 1.01. The minimum atomic E-state index is -0.126. The number of anilines is 3. The second kappa shape index (κ2) is 16.1. The van der Waals surface area contributed by atoms with Gasteiger partial charge in [0.2, 0.25) is 0 Å². The van der Waals surface area contributed by atoms with E-state index in [1.165, 1.54) is 0 Å². The monoisotopic (exact) mass is 794 g/mol. The van der Waals surface area contributed by atoms with Gasteiger partial charge in [-0.3, -0.25) is 0 Å². The van der Waals surface area contributed by atoms with Gasteiger partial charge in [-0.15, -0.1) is 0 Å². The Labute approximate surface area is 368 Å². The fourth-order valence-electron chi connectivity index (χ4n) is 8.55. The van der Waals surface area contributed by atoms with Crippen LogP contribution in [0.2, 0.25) is 0 Å². The van der Waals surface area contributed by atoms with Crippen molar-refractivity contribution in [2.45, 2.75) is 0 Å². The first kappa shape index (κ1) is 32.6. The molecule has 0 saturated carbocycles. The minimum absolute atomic E-state index is 0.106. The summed E-state index contributed by atoms with van der Waals surface area (Å²) in [5.41, 5.74) is 14.3. The lowest BCUT2D eigenvalue weighted by atomic mass is 9.98. The first-order valence-corrected chi connectivity index (χ1v) is 20.9. The van der Waals surface area contributed by atoms with E-state index in [4.69, 9.17) is 0 Å². The van der Waals surface area contributed by atoms with E-state index in [0.29, 0.717) is 16.9 Å². The van der Waals surface area contributed by atoms with Crippen LogP contribution < -0.4 is 4.90 Å². The second-order valence-corrected chi connectivity index (χ2v) is 15.5. The van der Waals surface area contributed by atoms with Crippen LogP contribution in [0.4, 0.5) is 17.1 Å². The predicted molar refractivity (Wildman–Crippen MR) is 263 cm³/mol. The summed E-state index contributed by atoms with van der Waals surface area (Å²) in [7, 11) is 0.